The quantitative estimate of drug-likeness (QED) is 0.614. The standard InChI is InChI=1S/C22H30N5O2S/c1-21(2)13-16(14-22(3,4)26-21)27(5)20-9-8-18(24-25-20)17-7-6-15(12-19(17)28)10-11-30(23)29/h6-12,16,23,26,28H,13-14H2,1-5H3/q-1/b11-10+. The van der Waals surface area contributed by atoms with Crippen molar-refractivity contribution < 1.29 is 9.32 Å². The van der Waals surface area contributed by atoms with E-state index in [2.05, 4.69) is 55.2 Å². The number of piperidine rings is 1. The second kappa shape index (κ2) is 8.35. The number of hydrogen-bond acceptors (Lipinski definition) is 8. The zero-order chi connectivity index (χ0) is 22.1. The molecule has 0 spiro atoms. The van der Waals surface area contributed by atoms with Crippen LogP contribution in [0.5, 0.6) is 5.75 Å². The van der Waals surface area contributed by atoms with Crippen LogP contribution in [-0.2, 0) is 14.8 Å². The molecule has 0 amide bonds. The van der Waals surface area contributed by atoms with Crippen molar-refractivity contribution in [2.45, 2.75) is 57.7 Å². The van der Waals surface area contributed by atoms with E-state index >= 15 is 0 Å². The van der Waals surface area contributed by atoms with E-state index in [0.29, 0.717) is 22.9 Å². The van der Waals surface area contributed by atoms with Gasteiger partial charge in [-0.15, -0.1) is 15.6 Å². The predicted octanol–water partition coefficient (Wildman–Crippen LogP) is 4.29. The van der Waals surface area contributed by atoms with E-state index in [0.717, 1.165) is 18.7 Å². The Morgan fingerprint density at radius 1 is 1.17 bits per heavy atom. The van der Waals surface area contributed by atoms with Crippen molar-refractivity contribution >= 4 is 22.5 Å². The van der Waals surface area contributed by atoms with Crippen molar-refractivity contribution in [2.24, 2.45) is 0 Å². The molecule has 0 bridgehead atoms. The van der Waals surface area contributed by atoms with Gasteiger partial charge in [-0.05, 0) is 70.4 Å². The molecule has 7 nitrogen and oxygen atoms in total. The topological polar surface area (TPSA) is 102 Å². The molecule has 0 unspecified atom stereocenters. The number of phenolic OH excluding ortho intramolecular Hbond substituents is 1. The summed E-state index contributed by atoms with van der Waals surface area (Å²) in [7, 11) is 0.280. The van der Waals surface area contributed by atoms with Crippen molar-refractivity contribution in [3.8, 4) is 17.0 Å². The van der Waals surface area contributed by atoms with Crippen LogP contribution in [0.2, 0.25) is 0 Å². The molecule has 0 radical (unpaired) electrons. The van der Waals surface area contributed by atoms with Gasteiger partial charge in [-0.25, -0.2) is 0 Å². The van der Waals surface area contributed by atoms with Gasteiger partial charge in [0.15, 0.2) is 5.82 Å². The highest BCUT2D eigenvalue weighted by molar-refractivity contribution is 7.76. The van der Waals surface area contributed by atoms with Crippen molar-refractivity contribution in [2.75, 3.05) is 11.9 Å². The molecule has 8 heteroatoms. The van der Waals surface area contributed by atoms with Crippen molar-refractivity contribution in [3.05, 3.63) is 41.3 Å². The Kier molecular flexibility index (Phi) is 6.19. The summed E-state index contributed by atoms with van der Waals surface area (Å²) in [6, 6.07) is 9.21. The Balaban J connectivity index is 1.79. The van der Waals surface area contributed by atoms with Crippen LogP contribution in [0.3, 0.4) is 0 Å². The fraction of sp³-hybridized carbons (Fsp3) is 0.455. The normalized spacial score (nSPS) is 18.7. The lowest BCUT2D eigenvalue weighted by atomic mass is 9.79. The third-order valence-corrected chi connectivity index (χ3v) is 5.79. The molecule has 1 aromatic heterocycles. The van der Waals surface area contributed by atoms with Crippen LogP contribution in [0, 0.1) is 4.78 Å². The summed E-state index contributed by atoms with van der Waals surface area (Å²) in [5, 5.41) is 24.1. The van der Waals surface area contributed by atoms with Crippen LogP contribution < -0.4 is 10.2 Å². The average molecular weight is 429 g/mol. The van der Waals surface area contributed by atoms with Gasteiger partial charge < -0.3 is 24.3 Å². The maximum atomic E-state index is 10.9. The lowest BCUT2D eigenvalue weighted by Crippen LogP contribution is -2.62. The molecule has 3 rings (SSSR count). The third-order valence-electron chi connectivity index (χ3n) is 5.41. The van der Waals surface area contributed by atoms with Gasteiger partial charge in [0.25, 0.3) is 0 Å². The number of nitrogens with one attached hydrogen (secondary N) is 2. The molecule has 30 heavy (non-hydrogen) atoms. The first-order chi connectivity index (χ1) is 14.0. The number of anilines is 1. The summed E-state index contributed by atoms with van der Waals surface area (Å²) in [6.45, 7) is 8.92. The fourth-order valence-electron chi connectivity index (χ4n) is 4.40. The largest absolute Gasteiger partial charge is 0.507 e. The Labute approximate surface area is 180 Å². The summed E-state index contributed by atoms with van der Waals surface area (Å²) < 4.78 is 17.9. The molecular formula is C22H30N5O2S-. The van der Waals surface area contributed by atoms with E-state index in [-0.39, 0.29) is 16.8 Å². The van der Waals surface area contributed by atoms with Gasteiger partial charge in [0.2, 0.25) is 0 Å². The monoisotopic (exact) mass is 428 g/mol. The Morgan fingerprint density at radius 2 is 1.83 bits per heavy atom. The molecule has 1 aliphatic rings. The van der Waals surface area contributed by atoms with E-state index in [1.165, 1.54) is 5.41 Å². The van der Waals surface area contributed by atoms with Crippen LogP contribution in [0.1, 0.15) is 46.1 Å². The zero-order valence-electron chi connectivity index (χ0n) is 18.1. The molecule has 2 heterocycles. The minimum Gasteiger partial charge on any atom is -0.507 e. The number of nitrogens with zero attached hydrogens (tertiary/aromatic N) is 3. The summed E-state index contributed by atoms with van der Waals surface area (Å²) in [5.41, 5.74) is 1.91. The molecule has 1 aliphatic heterocycles. The van der Waals surface area contributed by atoms with Crippen LogP contribution in [-0.4, -0.2) is 39.5 Å². The number of aromatic hydroxyl groups is 1. The van der Waals surface area contributed by atoms with Crippen molar-refractivity contribution in [1.29, 1.82) is 4.78 Å². The molecule has 1 fully saturated rings. The first-order valence-corrected chi connectivity index (χ1v) is 11.2. The van der Waals surface area contributed by atoms with E-state index < -0.39 is 10.6 Å². The first-order valence-electron chi connectivity index (χ1n) is 9.95. The van der Waals surface area contributed by atoms with Crippen molar-refractivity contribution in [3.63, 3.8) is 0 Å². The third kappa shape index (κ3) is 5.37. The highest BCUT2D eigenvalue weighted by Gasteiger charge is 2.39. The van der Waals surface area contributed by atoms with Gasteiger partial charge in [0.05, 0.1) is 5.69 Å². The minimum atomic E-state index is -1.78. The fourth-order valence-corrected chi connectivity index (χ4v) is 4.68. The maximum absolute atomic E-state index is 10.9. The van der Waals surface area contributed by atoms with Crippen LogP contribution >= 0.6 is 0 Å². The number of benzene rings is 1. The second-order valence-electron chi connectivity index (χ2n) is 9.22. The highest BCUT2D eigenvalue weighted by Crippen LogP contribution is 2.33. The van der Waals surface area contributed by atoms with Gasteiger partial charge in [-0.1, -0.05) is 12.1 Å². The molecule has 0 aliphatic carbocycles. The van der Waals surface area contributed by atoms with Gasteiger partial charge in [-0.3, -0.25) is 0 Å². The predicted molar refractivity (Wildman–Crippen MR) is 122 cm³/mol. The summed E-state index contributed by atoms with van der Waals surface area (Å²) >= 11 is 0. The van der Waals surface area contributed by atoms with Crippen LogP contribution in [0.25, 0.3) is 17.3 Å². The van der Waals surface area contributed by atoms with E-state index in [9.17, 15) is 9.32 Å². The summed E-state index contributed by atoms with van der Waals surface area (Å²) in [6.07, 6.45) is 3.56. The Morgan fingerprint density at radius 3 is 2.37 bits per heavy atom. The smallest absolute Gasteiger partial charge is 0.151 e. The van der Waals surface area contributed by atoms with E-state index in [1.807, 2.05) is 12.1 Å². The maximum Gasteiger partial charge on any atom is 0.151 e. The van der Waals surface area contributed by atoms with Gasteiger partial charge in [-0.2, -0.15) is 10.6 Å². The van der Waals surface area contributed by atoms with Crippen LogP contribution in [0.4, 0.5) is 5.82 Å². The Bertz CT molecular complexity index is 989. The molecule has 1 aromatic carbocycles. The number of hydrogen-bond donors (Lipinski definition) is 3. The summed E-state index contributed by atoms with van der Waals surface area (Å²) in [5.74, 6) is 0.861. The molecule has 0 atom stereocenters. The van der Waals surface area contributed by atoms with Gasteiger partial charge in [0.1, 0.15) is 5.75 Å². The van der Waals surface area contributed by atoms with E-state index in [1.54, 1.807) is 24.3 Å². The molecular weight excluding hydrogens is 398 g/mol. The first kappa shape index (κ1) is 22.2. The average Bonchev–Trinajstić information content (AvgIpc) is 2.63. The van der Waals surface area contributed by atoms with Crippen molar-refractivity contribution in [1.82, 2.24) is 15.5 Å². The van der Waals surface area contributed by atoms with Crippen LogP contribution in [0.15, 0.2) is 35.7 Å². The summed E-state index contributed by atoms with van der Waals surface area (Å²) in [4.78, 5) is 2.19. The molecule has 0 saturated carbocycles. The molecule has 162 valence electrons. The highest BCUT2D eigenvalue weighted by atomic mass is 32.2. The lowest BCUT2D eigenvalue weighted by Gasteiger charge is -2.49. The Hall–Kier alpha value is -2.45. The molecule has 2 aromatic rings. The van der Waals surface area contributed by atoms with Gasteiger partial charge in [0, 0.05) is 29.7 Å². The number of phenols is 1. The zero-order valence-corrected chi connectivity index (χ0v) is 19.0. The lowest BCUT2D eigenvalue weighted by molar-refractivity contribution is 0.160. The van der Waals surface area contributed by atoms with E-state index in [4.69, 9.17) is 4.78 Å². The molecule has 3 N–H and O–H groups in total. The minimum absolute atomic E-state index is 0.0442. The number of aromatic nitrogens is 2. The molecule has 1 saturated heterocycles. The second-order valence-corrected chi connectivity index (χ2v) is 10.1. The number of rotatable bonds is 5. The SMILES string of the molecule is CN(c1ccc(-c2ccc(/C=C/[S-](=N)=O)cc2O)nn1)C1CC(C)(C)NC(C)(C)C1. The van der Waals surface area contributed by atoms with Gasteiger partial charge >= 0.3 is 0 Å².